The summed E-state index contributed by atoms with van der Waals surface area (Å²) in [7, 11) is 1.30. The molecule has 0 spiro atoms. The van der Waals surface area contributed by atoms with Gasteiger partial charge in [0.25, 0.3) is 0 Å². The van der Waals surface area contributed by atoms with Crippen molar-refractivity contribution in [2.75, 3.05) is 13.7 Å². The molecule has 55 heavy (non-hydrogen) atoms. The zero-order valence-corrected chi connectivity index (χ0v) is 35.4. The fraction of sp³-hybridized carbons (Fsp3) is 0.444. The number of esters is 2. The summed E-state index contributed by atoms with van der Waals surface area (Å²) in [6.45, 7) is 21.1. The average molecular weight is 755 g/mol. The molecule has 5 heterocycles. The number of fused-ring (bicyclic) bond motifs is 7. The van der Waals surface area contributed by atoms with Crippen molar-refractivity contribution in [3.05, 3.63) is 96.5 Å². The Labute approximate surface area is 341 Å². The summed E-state index contributed by atoms with van der Waals surface area (Å²) < 4.78 is 10.9. The number of Topliss-reactive ketones (excluding diaryl/α,β-unsaturated/α-hetero) is 1. The molecular formula is C45H54MgN4O5. The van der Waals surface area contributed by atoms with E-state index in [1.165, 1.54) is 19.1 Å². The van der Waals surface area contributed by atoms with Gasteiger partial charge in [-0.25, -0.2) is 0 Å². The number of methoxy groups -OCH3 is 1. The van der Waals surface area contributed by atoms with Gasteiger partial charge in [-0.3, -0.25) is 14.4 Å². The van der Waals surface area contributed by atoms with Crippen LogP contribution >= 0.6 is 0 Å². The van der Waals surface area contributed by atoms with Crippen molar-refractivity contribution in [3.63, 3.8) is 0 Å². The first-order valence-corrected chi connectivity index (χ1v) is 19.3. The van der Waals surface area contributed by atoms with Crippen molar-refractivity contribution < 1.29 is 23.9 Å². The average Bonchev–Trinajstić information content (AvgIpc) is 3.87. The number of hydrogen-bond acceptors (Lipinski definition) is 6. The number of H-pyrrole nitrogens is 1. The summed E-state index contributed by atoms with van der Waals surface area (Å²) in [6.07, 6.45) is 14.6. The van der Waals surface area contributed by atoms with Gasteiger partial charge in [-0.1, -0.05) is 81.7 Å². The van der Waals surface area contributed by atoms with E-state index in [0.717, 1.165) is 69.3 Å². The maximum Gasteiger partial charge on any atom is 2.00 e. The Morgan fingerprint density at radius 1 is 1.00 bits per heavy atom. The Balaban J connectivity index is 0.00000580. The van der Waals surface area contributed by atoms with Crippen LogP contribution in [0.15, 0.2) is 29.6 Å². The molecule has 6 rings (SSSR count). The van der Waals surface area contributed by atoms with E-state index >= 15 is 0 Å². The minimum atomic E-state index is -1.18. The number of carbonyl (C=O) groups is 3. The summed E-state index contributed by atoms with van der Waals surface area (Å²) in [6, 6.07) is 0. The van der Waals surface area contributed by atoms with Crippen LogP contribution in [0.3, 0.4) is 0 Å². The molecule has 0 saturated carbocycles. The van der Waals surface area contributed by atoms with Crippen LogP contribution in [0.25, 0.3) is 29.9 Å². The first kappa shape index (κ1) is 41.9. The SMILES string of the molecule is C=Cc1c2[n-]c(c1C)/C=C1\N/C(=C3\c4[n-]c(c(C)c4C(=O)[C@@H]3C(=O)OC)/C=c3\[nH]/c(c(C)c3CC)=C\2)[C@@H](CCC(=O)OC/C=C(\C)CCCC(C)C)[C@@H]1C.[Mg+2]. The minimum Gasteiger partial charge on any atom is -0.657 e. The first-order chi connectivity index (χ1) is 25.8. The third-order valence-electron chi connectivity index (χ3n) is 11.6. The van der Waals surface area contributed by atoms with Crippen LogP contribution in [0.5, 0.6) is 0 Å². The molecule has 0 amide bonds. The number of aromatic nitrogens is 3. The van der Waals surface area contributed by atoms with Crippen molar-refractivity contribution in [2.45, 2.75) is 93.9 Å². The van der Waals surface area contributed by atoms with E-state index in [9.17, 15) is 14.4 Å². The molecule has 3 aromatic rings. The molecule has 2 aliphatic heterocycles. The van der Waals surface area contributed by atoms with Gasteiger partial charge in [0.2, 0.25) is 0 Å². The normalized spacial score (nSPS) is 22.2. The molecule has 1 aliphatic carbocycles. The molecule has 0 unspecified atom stereocenters. The maximum atomic E-state index is 14.3. The Bertz CT molecular complexity index is 2240. The van der Waals surface area contributed by atoms with Gasteiger partial charge in [-0.05, 0) is 87.6 Å². The van der Waals surface area contributed by atoms with E-state index < -0.39 is 11.9 Å². The summed E-state index contributed by atoms with van der Waals surface area (Å²) in [5.74, 6) is -2.14. The smallest absolute Gasteiger partial charge is 0.657 e. The van der Waals surface area contributed by atoms with Gasteiger partial charge in [0.05, 0.1) is 7.11 Å². The number of nitrogens with zero attached hydrogens (tertiary/aromatic N) is 2. The van der Waals surface area contributed by atoms with Crippen molar-refractivity contribution >= 4 is 70.7 Å². The Hall–Kier alpha value is -4.28. The fourth-order valence-electron chi connectivity index (χ4n) is 8.35. The summed E-state index contributed by atoms with van der Waals surface area (Å²) in [5, 5.41) is 5.50. The van der Waals surface area contributed by atoms with Crippen LogP contribution in [-0.2, 0) is 25.5 Å². The Kier molecular flexibility index (Phi) is 13.1. The quantitative estimate of drug-likeness (QED) is 0.0951. The molecule has 2 N–H and O–H groups in total. The summed E-state index contributed by atoms with van der Waals surface area (Å²) in [5.41, 5.74) is 11.4. The van der Waals surface area contributed by atoms with E-state index in [4.69, 9.17) is 19.4 Å². The van der Waals surface area contributed by atoms with E-state index in [1.54, 1.807) is 0 Å². The second kappa shape index (κ2) is 17.2. The largest absolute Gasteiger partial charge is 2.00 e. The molecule has 9 nitrogen and oxygen atoms in total. The molecule has 0 radical (unpaired) electrons. The third-order valence-corrected chi connectivity index (χ3v) is 11.6. The van der Waals surface area contributed by atoms with Gasteiger partial charge in [0.15, 0.2) is 5.78 Å². The van der Waals surface area contributed by atoms with Crippen LogP contribution < -0.4 is 26.0 Å². The summed E-state index contributed by atoms with van der Waals surface area (Å²) in [4.78, 5) is 54.8. The van der Waals surface area contributed by atoms with Gasteiger partial charge in [-0.2, -0.15) is 0 Å². The van der Waals surface area contributed by atoms with Gasteiger partial charge in [0.1, 0.15) is 12.5 Å². The number of hydrogen-bond donors (Lipinski definition) is 2. The molecule has 286 valence electrons. The molecule has 1 saturated heterocycles. The van der Waals surface area contributed by atoms with Gasteiger partial charge < -0.3 is 29.7 Å². The van der Waals surface area contributed by atoms with Gasteiger partial charge in [0, 0.05) is 45.9 Å². The second-order valence-electron chi connectivity index (χ2n) is 15.5. The van der Waals surface area contributed by atoms with E-state index in [-0.39, 0.29) is 59.7 Å². The summed E-state index contributed by atoms with van der Waals surface area (Å²) >= 11 is 0. The van der Waals surface area contributed by atoms with Crippen LogP contribution in [0.1, 0.15) is 128 Å². The topological polar surface area (TPSA) is 126 Å². The molecule has 1 fully saturated rings. The van der Waals surface area contributed by atoms with E-state index in [1.807, 2.05) is 38.2 Å². The Morgan fingerprint density at radius 3 is 2.38 bits per heavy atom. The van der Waals surface area contributed by atoms with E-state index in [2.05, 4.69) is 64.5 Å². The van der Waals surface area contributed by atoms with Crippen LogP contribution in [0, 0.1) is 44.4 Å². The van der Waals surface area contributed by atoms with Crippen LogP contribution in [0.2, 0.25) is 0 Å². The van der Waals surface area contributed by atoms with Gasteiger partial charge >= 0.3 is 35.0 Å². The monoisotopic (exact) mass is 754 g/mol. The van der Waals surface area contributed by atoms with Crippen molar-refractivity contribution in [1.29, 1.82) is 0 Å². The number of nitrogens with one attached hydrogen (secondary N) is 2. The zero-order chi connectivity index (χ0) is 39.0. The molecule has 3 aromatic heterocycles. The van der Waals surface area contributed by atoms with E-state index in [0.29, 0.717) is 46.1 Å². The van der Waals surface area contributed by atoms with Crippen LogP contribution in [-0.4, -0.2) is 59.5 Å². The minimum absolute atomic E-state index is 0. The number of ketones is 1. The molecule has 3 atom stereocenters. The predicted octanol–water partition coefficient (Wildman–Crippen LogP) is 6.34. The zero-order valence-electron chi connectivity index (χ0n) is 34.0. The number of ether oxygens (including phenoxy) is 2. The molecule has 3 aliphatic rings. The fourth-order valence-corrected chi connectivity index (χ4v) is 8.35. The number of rotatable bonds is 12. The standard InChI is InChI=1S/C45H55N4O5.Mg/c1-11-29-25(6)32-20-34-27(8)31(16-17-38(50)54-19-18-24(5)15-13-14-23(3)4)42(48-34)40-41(45(52)53-10)44(51)39-28(9)35(49-43(39)40)22-37-30(12-2)26(7)33(47-37)21-36(29)46-32;/h11,18,20-23,27,31,41,47H,1,12-17,19H2,2-10H3,(H2,48,49,51);/q-1;+2/p-1/b24-18+,33-21-,34-20-,37-22-;/t27-,31-,41+;/m0./s1. The maximum absolute atomic E-state index is 14.3. The third kappa shape index (κ3) is 8.03. The second-order valence-corrected chi connectivity index (χ2v) is 15.5. The number of aromatic amines is 1. The number of allylic oxidation sites excluding steroid dienone is 3. The number of carbonyl (C=O) groups excluding carboxylic acids is 3. The first-order valence-electron chi connectivity index (χ1n) is 19.3. The van der Waals surface area contributed by atoms with Gasteiger partial charge in [-0.15, -0.1) is 22.8 Å². The molecule has 8 bridgehead atoms. The van der Waals surface area contributed by atoms with Crippen molar-refractivity contribution in [3.8, 4) is 0 Å². The predicted molar refractivity (Wildman–Crippen MR) is 219 cm³/mol. The van der Waals surface area contributed by atoms with Crippen LogP contribution in [0.4, 0.5) is 0 Å². The van der Waals surface area contributed by atoms with Crippen molar-refractivity contribution in [1.82, 2.24) is 20.3 Å². The van der Waals surface area contributed by atoms with Crippen molar-refractivity contribution in [2.24, 2.45) is 23.7 Å². The molecule has 10 heteroatoms. The Morgan fingerprint density at radius 2 is 1.71 bits per heavy atom. The molecule has 0 aromatic carbocycles. The molecular weight excluding hydrogens is 701 g/mol.